The van der Waals surface area contributed by atoms with Gasteiger partial charge in [-0.3, -0.25) is 0 Å². The van der Waals surface area contributed by atoms with Crippen molar-refractivity contribution in [3.05, 3.63) is 0 Å². The quantitative estimate of drug-likeness (QED) is 0.573. The van der Waals surface area contributed by atoms with E-state index in [1.54, 1.807) is 0 Å². The summed E-state index contributed by atoms with van der Waals surface area (Å²) in [7, 11) is -2.83. The van der Waals surface area contributed by atoms with Crippen molar-refractivity contribution in [2.24, 2.45) is 11.1 Å². The molecule has 1 heterocycles. The van der Waals surface area contributed by atoms with Gasteiger partial charge >= 0.3 is 0 Å². The second-order valence-corrected chi connectivity index (χ2v) is 6.19. The van der Waals surface area contributed by atoms with Crippen molar-refractivity contribution in [1.82, 2.24) is 0 Å². The van der Waals surface area contributed by atoms with Crippen molar-refractivity contribution in [2.45, 2.75) is 26.3 Å². The second kappa shape index (κ2) is 2.45. The lowest BCUT2D eigenvalue weighted by atomic mass is 9.83. The van der Waals surface area contributed by atoms with Gasteiger partial charge in [-0.15, -0.1) is 0 Å². The van der Waals surface area contributed by atoms with E-state index < -0.39 is 9.84 Å². The molecule has 1 atom stereocenters. The van der Waals surface area contributed by atoms with Crippen LogP contribution >= 0.6 is 0 Å². The maximum absolute atomic E-state index is 11.1. The summed E-state index contributed by atoms with van der Waals surface area (Å²) in [6.45, 7) is 4.04. The lowest BCUT2D eigenvalue weighted by Crippen LogP contribution is -2.48. The van der Waals surface area contributed by atoms with Crippen LogP contribution in [0.3, 0.4) is 0 Å². The smallest absolute Gasteiger partial charge is 0.151 e. The minimum absolute atomic E-state index is 0.00861. The molecule has 1 unspecified atom stereocenters. The van der Waals surface area contributed by atoms with Gasteiger partial charge in [0.05, 0.1) is 11.5 Å². The van der Waals surface area contributed by atoms with Gasteiger partial charge in [0, 0.05) is 6.04 Å². The summed E-state index contributed by atoms with van der Waals surface area (Å²) in [5.41, 5.74) is 5.70. The molecule has 0 amide bonds. The fourth-order valence-corrected chi connectivity index (χ4v) is 3.19. The highest BCUT2D eigenvalue weighted by atomic mass is 32.2. The van der Waals surface area contributed by atoms with E-state index in [4.69, 9.17) is 5.73 Å². The van der Waals surface area contributed by atoms with Crippen LogP contribution < -0.4 is 5.73 Å². The highest BCUT2D eigenvalue weighted by molar-refractivity contribution is 7.91. The van der Waals surface area contributed by atoms with Crippen LogP contribution in [0.1, 0.15) is 20.3 Å². The van der Waals surface area contributed by atoms with Gasteiger partial charge in [0.1, 0.15) is 0 Å². The molecule has 1 fully saturated rings. The van der Waals surface area contributed by atoms with Gasteiger partial charge in [0.2, 0.25) is 0 Å². The molecule has 0 radical (unpaired) electrons. The van der Waals surface area contributed by atoms with Gasteiger partial charge in [-0.05, 0) is 11.8 Å². The molecule has 0 aliphatic carbocycles. The van der Waals surface area contributed by atoms with Crippen molar-refractivity contribution < 1.29 is 8.42 Å². The second-order valence-electron chi connectivity index (χ2n) is 3.96. The molecule has 0 saturated carbocycles. The van der Waals surface area contributed by atoms with E-state index in [0.29, 0.717) is 12.2 Å². The molecule has 2 N–H and O–H groups in total. The fourth-order valence-electron chi connectivity index (χ4n) is 1.19. The Hall–Kier alpha value is -0.0900. The van der Waals surface area contributed by atoms with Crippen molar-refractivity contribution in [2.75, 3.05) is 11.5 Å². The van der Waals surface area contributed by atoms with E-state index in [1.165, 1.54) is 0 Å². The summed E-state index contributed by atoms with van der Waals surface area (Å²) in [6.07, 6.45) is 0.691. The van der Waals surface area contributed by atoms with Gasteiger partial charge in [0.25, 0.3) is 0 Å². The van der Waals surface area contributed by atoms with Gasteiger partial charge in [-0.25, -0.2) is 8.42 Å². The first-order valence-corrected chi connectivity index (χ1v) is 5.62. The Kier molecular flexibility index (Phi) is 2.01. The van der Waals surface area contributed by atoms with Crippen molar-refractivity contribution >= 4 is 9.84 Å². The first-order chi connectivity index (χ1) is 4.83. The van der Waals surface area contributed by atoms with Crippen LogP contribution in [0.15, 0.2) is 0 Å². The van der Waals surface area contributed by atoms with Crippen molar-refractivity contribution in [3.63, 3.8) is 0 Å². The van der Waals surface area contributed by atoms with Crippen LogP contribution in [-0.4, -0.2) is 26.0 Å². The zero-order valence-electron chi connectivity index (χ0n) is 7.00. The Morgan fingerprint density at radius 2 is 2.00 bits per heavy atom. The third-order valence-corrected chi connectivity index (χ3v) is 4.19. The Morgan fingerprint density at radius 1 is 1.45 bits per heavy atom. The van der Waals surface area contributed by atoms with Crippen LogP contribution in [0.2, 0.25) is 0 Å². The van der Waals surface area contributed by atoms with Gasteiger partial charge in [0.15, 0.2) is 9.84 Å². The highest BCUT2D eigenvalue weighted by Gasteiger charge is 2.36. The van der Waals surface area contributed by atoms with Gasteiger partial charge in [-0.1, -0.05) is 13.8 Å². The van der Waals surface area contributed by atoms with E-state index in [1.807, 2.05) is 13.8 Å². The lowest BCUT2D eigenvalue weighted by Gasteiger charge is -2.35. The summed E-state index contributed by atoms with van der Waals surface area (Å²) in [4.78, 5) is 0. The van der Waals surface area contributed by atoms with Crippen molar-refractivity contribution in [3.8, 4) is 0 Å². The molecule has 66 valence electrons. The van der Waals surface area contributed by atoms with E-state index in [9.17, 15) is 8.42 Å². The topological polar surface area (TPSA) is 60.2 Å². The highest BCUT2D eigenvalue weighted by Crippen LogP contribution is 2.29. The standard InChI is InChI=1S/C7H15NO2S/c1-7(2)3-4-11(9,10)5-6(7)8/h6H,3-5,8H2,1-2H3. The molecule has 1 saturated heterocycles. The predicted molar refractivity (Wildman–Crippen MR) is 45.0 cm³/mol. The molecule has 4 heteroatoms. The third kappa shape index (κ3) is 1.93. The van der Waals surface area contributed by atoms with Crippen LogP contribution in [0.25, 0.3) is 0 Å². The largest absolute Gasteiger partial charge is 0.326 e. The average molecular weight is 177 g/mol. The molecule has 1 aliphatic heterocycles. The molecule has 3 nitrogen and oxygen atoms in total. The maximum atomic E-state index is 11.1. The normalized spacial score (nSPS) is 35.0. The molecule has 0 aromatic carbocycles. The maximum Gasteiger partial charge on any atom is 0.151 e. The molecule has 1 rings (SSSR count). The lowest BCUT2D eigenvalue weighted by molar-refractivity contribution is 0.280. The number of rotatable bonds is 0. The number of nitrogens with two attached hydrogens (primary N) is 1. The number of hydrogen-bond donors (Lipinski definition) is 1. The van der Waals surface area contributed by atoms with Crippen LogP contribution in [-0.2, 0) is 9.84 Å². The summed E-state index contributed by atoms with van der Waals surface area (Å²) in [5.74, 6) is 0.452. The Morgan fingerprint density at radius 3 is 2.36 bits per heavy atom. The van der Waals surface area contributed by atoms with Crippen LogP contribution in [0, 0.1) is 5.41 Å². The molecule has 11 heavy (non-hydrogen) atoms. The number of sulfone groups is 1. The third-order valence-electron chi connectivity index (χ3n) is 2.49. The van der Waals surface area contributed by atoms with E-state index in [-0.39, 0.29) is 17.2 Å². The fraction of sp³-hybridized carbons (Fsp3) is 1.00. The first kappa shape index (κ1) is 9.00. The summed E-state index contributed by atoms with van der Waals surface area (Å²) in [6, 6.07) is -0.193. The van der Waals surface area contributed by atoms with E-state index in [2.05, 4.69) is 0 Å². The average Bonchev–Trinajstić information content (AvgIpc) is 1.81. The van der Waals surface area contributed by atoms with Gasteiger partial charge < -0.3 is 5.73 Å². The molecular formula is C7H15NO2S. The molecule has 0 aromatic heterocycles. The Labute approximate surface area is 67.9 Å². The molecule has 0 bridgehead atoms. The zero-order chi connectivity index (χ0) is 8.70. The minimum Gasteiger partial charge on any atom is -0.326 e. The predicted octanol–water partition coefficient (Wildman–Crippen LogP) is 0.158. The Balaban J connectivity index is 2.78. The first-order valence-electron chi connectivity index (χ1n) is 3.79. The van der Waals surface area contributed by atoms with Crippen LogP contribution in [0.5, 0.6) is 0 Å². The van der Waals surface area contributed by atoms with E-state index in [0.717, 1.165) is 0 Å². The zero-order valence-corrected chi connectivity index (χ0v) is 7.82. The van der Waals surface area contributed by atoms with E-state index >= 15 is 0 Å². The monoisotopic (exact) mass is 177 g/mol. The number of hydrogen-bond acceptors (Lipinski definition) is 3. The van der Waals surface area contributed by atoms with Crippen LogP contribution in [0.4, 0.5) is 0 Å². The molecule has 0 aromatic rings. The SMILES string of the molecule is CC1(C)CCS(=O)(=O)CC1N. The summed E-state index contributed by atoms with van der Waals surface area (Å²) in [5, 5.41) is 0. The molecule has 0 spiro atoms. The molecule has 1 aliphatic rings. The van der Waals surface area contributed by atoms with Crippen molar-refractivity contribution in [1.29, 1.82) is 0 Å². The minimum atomic E-state index is -2.83. The molecular weight excluding hydrogens is 162 g/mol. The summed E-state index contributed by atoms with van der Waals surface area (Å²) < 4.78 is 22.1. The van der Waals surface area contributed by atoms with Gasteiger partial charge in [-0.2, -0.15) is 0 Å². The Bertz CT molecular complexity index is 243. The summed E-state index contributed by atoms with van der Waals surface area (Å²) >= 11 is 0.